The molecule has 7 heteroatoms. The summed E-state index contributed by atoms with van der Waals surface area (Å²) in [6.07, 6.45) is 0.949. The minimum atomic E-state index is -0.228. The molecule has 0 unspecified atom stereocenters. The van der Waals surface area contributed by atoms with Crippen molar-refractivity contribution in [3.8, 4) is 0 Å². The molecule has 2 aromatic carbocycles. The second-order valence-corrected chi connectivity index (χ2v) is 10.6. The number of nitrogens with zero attached hydrogens (tertiary/aromatic N) is 4. The number of hydrogen-bond acceptors (Lipinski definition) is 5. The third-order valence-corrected chi connectivity index (χ3v) is 7.78. The van der Waals surface area contributed by atoms with E-state index < -0.39 is 0 Å². The molecular weight excluding hydrogens is 412 g/mol. The van der Waals surface area contributed by atoms with Crippen LogP contribution in [-0.4, -0.2) is 31.8 Å². The van der Waals surface area contributed by atoms with Crippen molar-refractivity contribution < 1.29 is 4.79 Å². The number of anilines is 1. The Morgan fingerprint density at radius 2 is 2.03 bits per heavy atom. The summed E-state index contributed by atoms with van der Waals surface area (Å²) in [5.74, 6) is 0.869. The van der Waals surface area contributed by atoms with Crippen LogP contribution in [0.25, 0.3) is 15.2 Å². The highest BCUT2D eigenvalue weighted by Gasteiger charge is 2.39. The Bertz CT molecular complexity index is 1270. The van der Waals surface area contributed by atoms with Gasteiger partial charge in [0.25, 0.3) is 0 Å². The average Bonchev–Trinajstić information content (AvgIpc) is 3.25. The molecule has 2 aromatic heterocycles. The van der Waals surface area contributed by atoms with E-state index in [9.17, 15) is 4.79 Å². The quantitative estimate of drug-likeness (QED) is 0.389. The fraction of sp³-hybridized carbons (Fsp3) is 0.348. The largest absolute Gasteiger partial charge is 0.306 e. The maximum absolute atomic E-state index is 13.5. The van der Waals surface area contributed by atoms with Crippen LogP contribution in [0.5, 0.6) is 0 Å². The molecular formula is C23H24N4OS2. The molecule has 1 aliphatic heterocycles. The molecule has 0 aliphatic carbocycles. The maximum atomic E-state index is 13.5. The topological polar surface area (TPSA) is 50.5 Å². The fourth-order valence-corrected chi connectivity index (χ4v) is 6.48. The number of aryl methyl sites for hydroxylation is 1. The third-order valence-electron chi connectivity index (χ3n) is 5.85. The first-order valence-electron chi connectivity index (χ1n) is 10.1. The molecule has 3 heterocycles. The number of aromatic nitrogens is 3. The highest BCUT2D eigenvalue weighted by molar-refractivity contribution is 7.99. The summed E-state index contributed by atoms with van der Waals surface area (Å²) >= 11 is 3.08. The van der Waals surface area contributed by atoms with Gasteiger partial charge < -0.3 is 4.90 Å². The molecule has 5 nitrogen and oxygen atoms in total. The summed E-state index contributed by atoms with van der Waals surface area (Å²) in [4.78, 5) is 16.3. The molecule has 0 saturated carbocycles. The molecule has 154 valence electrons. The first-order valence-corrected chi connectivity index (χ1v) is 11.9. The lowest BCUT2D eigenvalue weighted by Crippen LogP contribution is -2.52. The number of thioether (sulfide) groups is 1. The normalized spacial score (nSPS) is 18.1. The lowest BCUT2D eigenvalue weighted by molar-refractivity contribution is -0.117. The van der Waals surface area contributed by atoms with Crippen LogP contribution >= 0.6 is 23.1 Å². The smallest absolute Gasteiger partial charge is 0.237 e. The van der Waals surface area contributed by atoms with Crippen molar-refractivity contribution in [3.05, 3.63) is 53.6 Å². The van der Waals surface area contributed by atoms with Crippen LogP contribution in [0, 0.1) is 6.92 Å². The summed E-state index contributed by atoms with van der Waals surface area (Å²) in [5.41, 5.74) is 4.40. The maximum Gasteiger partial charge on any atom is 0.237 e. The Morgan fingerprint density at radius 1 is 1.23 bits per heavy atom. The van der Waals surface area contributed by atoms with Gasteiger partial charge in [-0.05, 0) is 56.9 Å². The number of hydrogen-bond donors (Lipinski definition) is 0. The molecule has 30 heavy (non-hydrogen) atoms. The van der Waals surface area contributed by atoms with Gasteiger partial charge in [-0.15, -0.1) is 10.2 Å². The van der Waals surface area contributed by atoms with Crippen LogP contribution in [0.3, 0.4) is 0 Å². The number of thiazole rings is 1. The summed E-state index contributed by atoms with van der Waals surface area (Å²) < 4.78 is 3.23. The van der Waals surface area contributed by atoms with E-state index in [4.69, 9.17) is 0 Å². The number of rotatable bonds is 3. The number of carbonyl (C=O) groups is 1. The van der Waals surface area contributed by atoms with Crippen molar-refractivity contribution in [1.29, 1.82) is 0 Å². The number of fused-ring (bicyclic) bond motifs is 4. The lowest BCUT2D eigenvalue weighted by atomic mass is 9.79. The monoisotopic (exact) mass is 436 g/mol. The van der Waals surface area contributed by atoms with Crippen LogP contribution in [0.4, 0.5) is 5.69 Å². The van der Waals surface area contributed by atoms with E-state index in [1.54, 1.807) is 11.3 Å². The van der Waals surface area contributed by atoms with Gasteiger partial charge in [-0.1, -0.05) is 59.9 Å². The van der Waals surface area contributed by atoms with Gasteiger partial charge in [0.05, 0.1) is 16.0 Å². The molecule has 0 spiro atoms. The molecule has 0 N–H and O–H groups in total. The van der Waals surface area contributed by atoms with E-state index in [0.29, 0.717) is 11.7 Å². The zero-order chi connectivity index (χ0) is 21.0. The number of amides is 1. The third kappa shape index (κ3) is 3.11. The Labute approximate surface area is 184 Å². The zero-order valence-corrected chi connectivity index (χ0v) is 19.2. The van der Waals surface area contributed by atoms with Gasteiger partial charge in [-0.2, -0.15) is 0 Å². The SMILES string of the molecule is Cc1ccc2c(c1)[C@H](C)CC(C)(C)N2C(=O)CSc1nnc2sc3ccccc3n12. The van der Waals surface area contributed by atoms with Crippen LogP contribution in [0.15, 0.2) is 47.6 Å². The second kappa shape index (κ2) is 7.10. The van der Waals surface area contributed by atoms with E-state index in [1.165, 1.54) is 27.6 Å². The second-order valence-electron chi connectivity index (χ2n) is 8.67. The van der Waals surface area contributed by atoms with Crippen molar-refractivity contribution in [1.82, 2.24) is 14.6 Å². The summed E-state index contributed by atoms with van der Waals surface area (Å²) in [7, 11) is 0. The number of benzene rings is 2. The van der Waals surface area contributed by atoms with E-state index in [0.717, 1.165) is 27.7 Å². The van der Waals surface area contributed by atoms with Crippen molar-refractivity contribution >= 4 is 49.9 Å². The Morgan fingerprint density at radius 3 is 2.87 bits per heavy atom. The van der Waals surface area contributed by atoms with Gasteiger partial charge in [0.2, 0.25) is 10.9 Å². The van der Waals surface area contributed by atoms with E-state index in [-0.39, 0.29) is 11.4 Å². The van der Waals surface area contributed by atoms with Crippen molar-refractivity contribution in [3.63, 3.8) is 0 Å². The minimum absolute atomic E-state index is 0.110. The Hall–Kier alpha value is -2.38. The van der Waals surface area contributed by atoms with E-state index in [1.807, 2.05) is 17.0 Å². The fourth-order valence-electron chi connectivity index (χ4n) is 4.66. The van der Waals surface area contributed by atoms with Crippen LogP contribution in [0.2, 0.25) is 0 Å². The van der Waals surface area contributed by atoms with E-state index in [2.05, 4.69) is 72.6 Å². The lowest BCUT2D eigenvalue weighted by Gasteiger charge is -2.46. The zero-order valence-electron chi connectivity index (χ0n) is 17.5. The molecule has 4 aromatic rings. The van der Waals surface area contributed by atoms with Gasteiger partial charge in [0, 0.05) is 11.2 Å². The summed E-state index contributed by atoms with van der Waals surface area (Å²) in [6.45, 7) is 8.69. The molecule has 0 fully saturated rings. The molecule has 1 amide bonds. The molecule has 0 bridgehead atoms. The molecule has 5 rings (SSSR count). The molecule has 1 aliphatic rings. The van der Waals surface area contributed by atoms with Gasteiger partial charge in [-0.25, -0.2) is 0 Å². The van der Waals surface area contributed by atoms with E-state index >= 15 is 0 Å². The Balaban J connectivity index is 1.46. The predicted octanol–water partition coefficient (Wildman–Crippen LogP) is 5.66. The Kier molecular flexibility index (Phi) is 4.63. The summed E-state index contributed by atoms with van der Waals surface area (Å²) in [6, 6.07) is 14.6. The minimum Gasteiger partial charge on any atom is -0.306 e. The van der Waals surface area contributed by atoms with Gasteiger partial charge in [0.15, 0.2) is 5.16 Å². The first kappa shape index (κ1) is 19.6. The average molecular weight is 437 g/mol. The van der Waals surface area contributed by atoms with Crippen molar-refractivity contribution in [2.45, 2.75) is 50.7 Å². The van der Waals surface area contributed by atoms with Crippen molar-refractivity contribution in [2.24, 2.45) is 0 Å². The molecule has 1 atom stereocenters. The molecule has 0 radical (unpaired) electrons. The van der Waals surface area contributed by atoms with Crippen LogP contribution < -0.4 is 4.90 Å². The van der Waals surface area contributed by atoms with Crippen molar-refractivity contribution in [2.75, 3.05) is 10.7 Å². The van der Waals surface area contributed by atoms with Gasteiger partial charge in [0.1, 0.15) is 0 Å². The van der Waals surface area contributed by atoms with Crippen LogP contribution in [-0.2, 0) is 4.79 Å². The highest BCUT2D eigenvalue weighted by Crippen LogP contribution is 2.44. The highest BCUT2D eigenvalue weighted by atomic mass is 32.2. The number of para-hydroxylation sites is 1. The summed E-state index contributed by atoms with van der Waals surface area (Å²) in [5, 5.41) is 9.43. The number of carbonyl (C=O) groups excluding carboxylic acids is 1. The predicted molar refractivity (Wildman–Crippen MR) is 125 cm³/mol. The van der Waals surface area contributed by atoms with Gasteiger partial charge >= 0.3 is 0 Å². The van der Waals surface area contributed by atoms with Crippen LogP contribution in [0.1, 0.15) is 44.2 Å². The molecule has 0 saturated heterocycles. The van der Waals surface area contributed by atoms with Gasteiger partial charge in [-0.3, -0.25) is 9.20 Å². The standard InChI is InChI=1S/C23H24N4OS2/c1-14-9-10-17-16(11-14)15(2)12-23(3,4)27(17)20(28)13-29-21-24-25-22-26(21)18-7-5-6-8-19(18)30-22/h5-11,15H,12-13H2,1-4H3/t15-/m1/s1. The first-order chi connectivity index (χ1) is 14.3.